The second kappa shape index (κ2) is 7.67. The zero-order valence-corrected chi connectivity index (χ0v) is 11.3. The Morgan fingerprint density at radius 1 is 1.39 bits per heavy atom. The summed E-state index contributed by atoms with van der Waals surface area (Å²) in [5, 5.41) is 9.33. The summed E-state index contributed by atoms with van der Waals surface area (Å²) in [4.78, 5) is 1.10. The normalized spacial score (nSPS) is 19.9. The molecule has 100 valence electrons. The molecule has 1 heterocycles. The maximum atomic E-state index is 9.33. The molecular weight excluding hydrogens is 248 g/mol. The molecule has 1 aromatic carbocycles. The van der Waals surface area contributed by atoms with Gasteiger partial charge in [0.05, 0.1) is 6.61 Å². The number of hydrogen-bond acceptors (Lipinski definition) is 4. The third-order valence-electron chi connectivity index (χ3n) is 2.82. The lowest BCUT2D eigenvalue weighted by atomic mass is 10.2. The molecule has 0 bridgehead atoms. The number of ether oxygens (including phenoxy) is 2. The average Bonchev–Trinajstić information content (AvgIpc) is 2.40. The Morgan fingerprint density at radius 2 is 2.33 bits per heavy atom. The van der Waals surface area contributed by atoms with Crippen molar-refractivity contribution in [1.29, 1.82) is 0 Å². The average molecular weight is 268 g/mol. The zero-order chi connectivity index (χ0) is 12.6. The van der Waals surface area contributed by atoms with Crippen molar-refractivity contribution in [3.8, 4) is 5.75 Å². The van der Waals surface area contributed by atoms with Gasteiger partial charge in [-0.25, -0.2) is 0 Å². The summed E-state index contributed by atoms with van der Waals surface area (Å²) in [6, 6.07) is 7.35. The van der Waals surface area contributed by atoms with E-state index in [1.807, 2.05) is 12.1 Å². The van der Waals surface area contributed by atoms with Gasteiger partial charge in [0.15, 0.2) is 6.29 Å². The van der Waals surface area contributed by atoms with Crippen LogP contribution in [0.2, 0.25) is 0 Å². The van der Waals surface area contributed by atoms with Crippen molar-refractivity contribution in [3.05, 3.63) is 24.3 Å². The topological polar surface area (TPSA) is 38.7 Å². The molecule has 0 aromatic heterocycles. The van der Waals surface area contributed by atoms with Gasteiger partial charge in [-0.3, -0.25) is 0 Å². The van der Waals surface area contributed by atoms with Crippen molar-refractivity contribution in [2.24, 2.45) is 0 Å². The van der Waals surface area contributed by atoms with E-state index in [1.54, 1.807) is 23.9 Å². The Balaban J connectivity index is 1.55. The molecule has 1 fully saturated rings. The molecule has 1 atom stereocenters. The first-order chi connectivity index (χ1) is 8.84. The van der Waals surface area contributed by atoms with Crippen molar-refractivity contribution in [2.75, 3.05) is 19.0 Å². The third-order valence-corrected chi connectivity index (χ3v) is 3.90. The molecule has 1 N–H and O–H groups in total. The number of phenols is 1. The highest BCUT2D eigenvalue weighted by Crippen LogP contribution is 2.22. The van der Waals surface area contributed by atoms with Crippen LogP contribution in [0, 0.1) is 0 Å². The van der Waals surface area contributed by atoms with E-state index >= 15 is 0 Å². The molecule has 0 amide bonds. The molecule has 3 nitrogen and oxygen atoms in total. The molecule has 0 radical (unpaired) electrons. The number of benzene rings is 1. The van der Waals surface area contributed by atoms with E-state index in [-0.39, 0.29) is 6.29 Å². The van der Waals surface area contributed by atoms with Gasteiger partial charge in [0.2, 0.25) is 0 Å². The van der Waals surface area contributed by atoms with E-state index in [2.05, 4.69) is 0 Å². The van der Waals surface area contributed by atoms with Gasteiger partial charge in [-0.15, -0.1) is 11.8 Å². The summed E-state index contributed by atoms with van der Waals surface area (Å²) in [5.74, 6) is 1.32. The highest BCUT2D eigenvalue weighted by molar-refractivity contribution is 7.99. The Morgan fingerprint density at radius 3 is 3.11 bits per heavy atom. The zero-order valence-electron chi connectivity index (χ0n) is 10.5. The van der Waals surface area contributed by atoms with Crippen molar-refractivity contribution >= 4 is 11.8 Å². The largest absolute Gasteiger partial charge is 0.508 e. The number of rotatable bonds is 6. The number of aromatic hydroxyl groups is 1. The van der Waals surface area contributed by atoms with Gasteiger partial charge in [0.1, 0.15) is 5.75 Å². The summed E-state index contributed by atoms with van der Waals surface area (Å²) in [7, 11) is 0. The fraction of sp³-hybridized carbons (Fsp3) is 0.571. The van der Waals surface area contributed by atoms with E-state index in [0.29, 0.717) is 5.75 Å². The summed E-state index contributed by atoms with van der Waals surface area (Å²) < 4.78 is 11.2. The first kappa shape index (κ1) is 13.7. The standard InChI is InChI=1S/C14H20O3S/c15-12-5-3-6-13(11-12)18-10-4-9-17-14-7-1-2-8-16-14/h3,5-6,11,14-15H,1-2,4,7-10H2. The van der Waals surface area contributed by atoms with Gasteiger partial charge in [-0.1, -0.05) is 6.07 Å². The van der Waals surface area contributed by atoms with E-state index in [4.69, 9.17) is 9.47 Å². The molecule has 18 heavy (non-hydrogen) atoms. The Hall–Kier alpha value is -0.710. The number of thioether (sulfide) groups is 1. The summed E-state index contributed by atoms with van der Waals surface area (Å²) >= 11 is 1.74. The molecule has 1 aromatic rings. The highest BCUT2D eigenvalue weighted by Gasteiger charge is 2.13. The number of hydrogen-bond donors (Lipinski definition) is 1. The molecule has 0 spiro atoms. The second-order valence-electron chi connectivity index (χ2n) is 4.37. The summed E-state index contributed by atoms with van der Waals surface area (Å²) in [6.45, 7) is 1.58. The first-order valence-corrected chi connectivity index (χ1v) is 7.48. The van der Waals surface area contributed by atoms with Gasteiger partial charge in [-0.2, -0.15) is 0 Å². The number of phenolic OH excluding ortho intramolecular Hbond substituents is 1. The third kappa shape index (κ3) is 4.88. The van der Waals surface area contributed by atoms with Crippen LogP contribution >= 0.6 is 11.8 Å². The lowest BCUT2D eigenvalue weighted by Crippen LogP contribution is -2.22. The van der Waals surface area contributed by atoms with Gasteiger partial charge in [0.25, 0.3) is 0 Å². The van der Waals surface area contributed by atoms with E-state index in [9.17, 15) is 5.11 Å². The molecule has 0 aliphatic carbocycles. The molecule has 2 rings (SSSR count). The van der Waals surface area contributed by atoms with Gasteiger partial charge < -0.3 is 14.6 Å². The van der Waals surface area contributed by atoms with Crippen LogP contribution in [0.1, 0.15) is 25.7 Å². The molecule has 1 saturated heterocycles. The Labute approximate surface area is 112 Å². The Kier molecular flexibility index (Phi) is 5.84. The molecular formula is C14H20O3S. The predicted octanol–water partition coefficient (Wildman–Crippen LogP) is 3.42. The lowest BCUT2D eigenvalue weighted by molar-refractivity contribution is -0.162. The van der Waals surface area contributed by atoms with Crippen LogP contribution in [0.4, 0.5) is 0 Å². The maximum Gasteiger partial charge on any atom is 0.157 e. The maximum absolute atomic E-state index is 9.33. The summed E-state index contributed by atoms with van der Waals surface area (Å²) in [6.07, 6.45) is 4.42. The Bertz CT molecular complexity index is 351. The van der Waals surface area contributed by atoms with Gasteiger partial charge in [-0.05, 0) is 43.9 Å². The quantitative estimate of drug-likeness (QED) is 0.634. The molecule has 1 aliphatic heterocycles. The summed E-state index contributed by atoms with van der Waals surface area (Å²) in [5.41, 5.74) is 0. The molecule has 1 aliphatic rings. The van der Waals surface area contributed by atoms with Crippen LogP contribution in [0.25, 0.3) is 0 Å². The second-order valence-corrected chi connectivity index (χ2v) is 5.53. The van der Waals surface area contributed by atoms with Crippen LogP contribution < -0.4 is 0 Å². The van der Waals surface area contributed by atoms with E-state index in [0.717, 1.165) is 43.1 Å². The first-order valence-electron chi connectivity index (χ1n) is 6.49. The fourth-order valence-electron chi connectivity index (χ4n) is 1.88. The minimum absolute atomic E-state index is 0.0181. The van der Waals surface area contributed by atoms with Crippen LogP contribution in [0.3, 0.4) is 0 Å². The van der Waals surface area contributed by atoms with Crippen LogP contribution in [0.15, 0.2) is 29.2 Å². The van der Waals surface area contributed by atoms with Gasteiger partial charge in [0, 0.05) is 17.3 Å². The van der Waals surface area contributed by atoms with E-state index in [1.165, 1.54) is 6.42 Å². The predicted molar refractivity (Wildman–Crippen MR) is 73.0 cm³/mol. The minimum Gasteiger partial charge on any atom is -0.508 e. The SMILES string of the molecule is Oc1cccc(SCCCOC2CCCCO2)c1. The van der Waals surface area contributed by atoms with Crippen LogP contribution in [-0.4, -0.2) is 30.4 Å². The lowest BCUT2D eigenvalue weighted by Gasteiger charge is -2.22. The molecule has 0 saturated carbocycles. The van der Waals surface area contributed by atoms with Crippen molar-refractivity contribution in [1.82, 2.24) is 0 Å². The van der Waals surface area contributed by atoms with Crippen molar-refractivity contribution in [3.63, 3.8) is 0 Å². The van der Waals surface area contributed by atoms with Crippen LogP contribution in [0.5, 0.6) is 5.75 Å². The molecule has 1 unspecified atom stereocenters. The molecule has 4 heteroatoms. The van der Waals surface area contributed by atoms with E-state index < -0.39 is 0 Å². The monoisotopic (exact) mass is 268 g/mol. The van der Waals surface area contributed by atoms with Gasteiger partial charge >= 0.3 is 0 Å². The van der Waals surface area contributed by atoms with Crippen molar-refractivity contribution < 1.29 is 14.6 Å². The fourth-order valence-corrected chi connectivity index (χ4v) is 2.76. The smallest absolute Gasteiger partial charge is 0.157 e. The minimum atomic E-state index is 0.0181. The van der Waals surface area contributed by atoms with Crippen molar-refractivity contribution in [2.45, 2.75) is 36.9 Å². The highest BCUT2D eigenvalue weighted by atomic mass is 32.2. The van der Waals surface area contributed by atoms with Crippen LogP contribution in [-0.2, 0) is 9.47 Å².